The fraction of sp³-hybridized carbons (Fsp3) is 0. The van der Waals surface area contributed by atoms with E-state index in [1.54, 1.807) is 0 Å². The van der Waals surface area contributed by atoms with Crippen LogP contribution in [0, 0.1) is 0 Å². The van der Waals surface area contributed by atoms with E-state index in [1.165, 1.54) is 0 Å². The molecule has 0 spiro atoms. The van der Waals surface area contributed by atoms with E-state index in [4.69, 9.17) is 11.5 Å². The predicted molar refractivity (Wildman–Crippen MR) is 38.4 cm³/mol. The Morgan fingerprint density at radius 3 is 1.17 bits per heavy atom. The molecule has 0 aromatic heterocycles. The maximum absolute atomic E-state index is 5.34. The van der Waals surface area contributed by atoms with Crippen molar-refractivity contribution < 1.29 is 18.9 Å². The Balaban J connectivity index is 0. The van der Waals surface area contributed by atoms with E-state index in [0.717, 1.165) is 0 Å². The normalized spacial score (nSPS) is 10.0. The quantitative estimate of drug-likeness (QED) is 0.545. The van der Waals surface area contributed by atoms with Crippen LogP contribution in [0.4, 0.5) is 0 Å². The molecule has 0 nitrogen and oxygen atoms in total. The fourth-order valence-electron chi connectivity index (χ4n) is 0. The Bertz CT molecular complexity index is 26.3. The van der Waals surface area contributed by atoms with Crippen LogP contribution < -0.4 is 18.9 Å². The second kappa shape index (κ2) is 4.29. The first-order valence-corrected chi connectivity index (χ1v) is 4.06. The molecule has 6 heavy (non-hydrogen) atoms. The number of rotatable bonds is 0. The fourth-order valence-corrected chi connectivity index (χ4v) is 0. The predicted octanol–water partition coefficient (Wildman–Crippen LogP) is -0.150. The Labute approximate surface area is 78.7 Å². The average Bonchev–Trinajstić information content (AvgIpc) is 0.722. The topological polar surface area (TPSA) is 0 Å². The van der Waals surface area contributed by atoms with Crippen LogP contribution in [0.1, 0.15) is 0 Å². The SMILES string of the molecule is Cl[B-](Br)(Br)Br.[Li+]. The van der Waals surface area contributed by atoms with Crippen molar-refractivity contribution in [3.05, 3.63) is 0 Å². The van der Waals surface area contributed by atoms with Gasteiger partial charge in [0.25, 0.3) is 2.03 Å². The van der Waals surface area contributed by atoms with Crippen molar-refractivity contribution >= 4 is 60.8 Å². The van der Waals surface area contributed by atoms with E-state index >= 15 is 0 Å². The second-order valence-corrected chi connectivity index (χ2v) is 10.5. The number of hydrogen-bond acceptors (Lipinski definition) is 0. The monoisotopic (exact) mass is 290 g/mol. The summed E-state index contributed by atoms with van der Waals surface area (Å²) >= 11 is 14.5. The van der Waals surface area contributed by atoms with Crippen molar-refractivity contribution in [1.82, 2.24) is 0 Å². The molecule has 0 aromatic rings. The molecule has 0 fully saturated rings. The van der Waals surface area contributed by atoms with Gasteiger partial charge in [-0.3, -0.25) is 0 Å². The van der Waals surface area contributed by atoms with Crippen LogP contribution in [0.2, 0.25) is 0 Å². The van der Waals surface area contributed by atoms with Crippen LogP contribution >= 0.6 is 58.7 Å². The Morgan fingerprint density at radius 1 is 1.17 bits per heavy atom. The first kappa shape index (κ1) is 11.2. The summed E-state index contributed by atoms with van der Waals surface area (Å²) in [6, 6.07) is 0. The van der Waals surface area contributed by atoms with Crippen molar-refractivity contribution in [3.63, 3.8) is 0 Å². The smallest absolute Gasteiger partial charge is 0.346 e. The van der Waals surface area contributed by atoms with Gasteiger partial charge in [-0.2, -0.15) is 0 Å². The Hall–Kier alpha value is 2.39. The van der Waals surface area contributed by atoms with Gasteiger partial charge in [-0.1, -0.05) is 0 Å². The van der Waals surface area contributed by atoms with Gasteiger partial charge < -0.3 is 58.7 Å². The summed E-state index contributed by atoms with van der Waals surface area (Å²) in [7, 11) is 0. The molecule has 0 atom stereocenters. The standard InChI is InChI=1S/BBr3Cl.Li/c2-1(3,4)5;/q-1;+1. The van der Waals surface area contributed by atoms with Gasteiger partial charge in [0, 0.05) is 0 Å². The zero-order chi connectivity index (χ0) is 4.50. The van der Waals surface area contributed by atoms with E-state index in [0.29, 0.717) is 0 Å². The van der Waals surface area contributed by atoms with Crippen molar-refractivity contribution in [3.8, 4) is 0 Å². The zero-order valence-electron chi connectivity index (χ0n) is 3.09. The minimum absolute atomic E-state index is 0. The minimum Gasteiger partial charge on any atom is -0.346 e. The molecule has 0 rings (SSSR count). The van der Waals surface area contributed by atoms with E-state index in [2.05, 4.69) is 47.3 Å². The summed E-state index contributed by atoms with van der Waals surface area (Å²) in [6.45, 7) is 0. The summed E-state index contributed by atoms with van der Waals surface area (Å²) < 4.78 is -1.09. The second-order valence-electron chi connectivity index (χ2n) is 0.495. The molecule has 0 saturated carbocycles. The summed E-state index contributed by atoms with van der Waals surface area (Å²) in [5.74, 6) is 0. The summed E-state index contributed by atoms with van der Waals surface area (Å²) in [5.41, 5.74) is 0. The first-order chi connectivity index (χ1) is 2.00. The molecule has 0 unspecified atom stereocenters. The van der Waals surface area contributed by atoms with E-state index in [-0.39, 0.29) is 18.9 Å². The molecule has 0 aliphatic heterocycles. The van der Waals surface area contributed by atoms with Gasteiger partial charge in [0.1, 0.15) is 0 Å². The van der Waals surface area contributed by atoms with Crippen LogP contribution in [0.25, 0.3) is 0 Å². The van der Waals surface area contributed by atoms with Crippen LogP contribution in [0.5, 0.6) is 0 Å². The maximum Gasteiger partial charge on any atom is 1.00 e. The third-order valence-electron chi connectivity index (χ3n) is 0. The molecule has 0 amide bonds. The number of hydrogen-bond donors (Lipinski definition) is 0. The summed E-state index contributed by atoms with van der Waals surface area (Å²) in [6.07, 6.45) is 0. The molecule has 0 aliphatic rings. The first-order valence-electron chi connectivity index (χ1n) is 0.873. The molecular formula is BBr3ClLi. The van der Waals surface area contributed by atoms with E-state index in [9.17, 15) is 0 Å². The van der Waals surface area contributed by atoms with Crippen LogP contribution in [-0.4, -0.2) is 2.03 Å². The van der Waals surface area contributed by atoms with Gasteiger partial charge in [0.15, 0.2) is 0 Å². The van der Waals surface area contributed by atoms with Crippen molar-refractivity contribution in [2.75, 3.05) is 0 Å². The third kappa shape index (κ3) is 32.5. The van der Waals surface area contributed by atoms with E-state index < -0.39 is 2.03 Å². The molecule has 0 heterocycles. The molecule has 0 aliphatic carbocycles. The van der Waals surface area contributed by atoms with Gasteiger partial charge in [0.2, 0.25) is 0 Å². The third-order valence-corrected chi connectivity index (χ3v) is 0. The molecule has 32 valence electrons. The molecule has 0 radical (unpaired) electrons. The minimum atomic E-state index is -1.09. The summed E-state index contributed by atoms with van der Waals surface area (Å²) in [4.78, 5) is 0. The summed E-state index contributed by atoms with van der Waals surface area (Å²) in [5, 5.41) is 0. The molecule has 0 aromatic carbocycles. The van der Waals surface area contributed by atoms with Gasteiger partial charge in [-0.15, -0.1) is 0 Å². The van der Waals surface area contributed by atoms with Gasteiger partial charge >= 0.3 is 18.9 Å². The van der Waals surface area contributed by atoms with Crippen molar-refractivity contribution in [1.29, 1.82) is 0 Å². The Kier molecular flexibility index (Phi) is 8.02. The van der Waals surface area contributed by atoms with Crippen LogP contribution in [0.15, 0.2) is 0 Å². The van der Waals surface area contributed by atoms with Crippen molar-refractivity contribution in [2.24, 2.45) is 0 Å². The molecule has 6 heteroatoms. The largest absolute Gasteiger partial charge is 1.00 e. The zero-order valence-corrected chi connectivity index (χ0v) is 8.60. The van der Waals surface area contributed by atoms with Crippen LogP contribution in [0.3, 0.4) is 0 Å². The molecule has 0 saturated heterocycles. The Morgan fingerprint density at radius 2 is 1.17 bits per heavy atom. The van der Waals surface area contributed by atoms with E-state index in [1.807, 2.05) is 0 Å². The molecule has 0 bridgehead atoms. The average molecular weight is 293 g/mol. The van der Waals surface area contributed by atoms with Crippen LogP contribution in [-0.2, 0) is 0 Å². The molecule has 0 N–H and O–H groups in total. The molecular weight excluding hydrogens is 293 g/mol. The number of halogens is 4. The maximum atomic E-state index is 5.34. The van der Waals surface area contributed by atoms with Gasteiger partial charge in [0.05, 0.1) is 0 Å². The van der Waals surface area contributed by atoms with Crippen molar-refractivity contribution in [2.45, 2.75) is 0 Å². The van der Waals surface area contributed by atoms with Gasteiger partial charge in [-0.25, -0.2) is 0 Å². The van der Waals surface area contributed by atoms with Gasteiger partial charge in [-0.05, 0) is 0 Å².